The quantitative estimate of drug-likeness (QED) is 0.608. The van der Waals surface area contributed by atoms with E-state index in [2.05, 4.69) is 0 Å². The van der Waals surface area contributed by atoms with Gasteiger partial charge in [0, 0.05) is 0 Å². The third-order valence-electron chi connectivity index (χ3n) is 1.76. The Hall–Kier alpha value is -0.800. The third-order valence-corrected chi connectivity index (χ3v) is 2.46. The van der Waals surface area contributed by atoms with Gasteiger partial charge in [0.2, 0.25) is 0 Å². The molecule has 0 radical (unpaired) electrons. The molecule has 0 heterocycles. The van der Waals surface area contributed by atoms with Crippen LogP contribution in [0.2, 0.25) is 10.0 Å². The van der Waals surface area contributed by atoms with Crippen LogP contribution in [0.1, 0.15) is 12.5 Å². The lowest BCUT2D eigenvalue weighted by atomic mass is 10.1. The molecule has 0 amide bonds. The van der Waals surface area contributed by atoms with Crippen molar-refractivity contribution >= 4 is 29.2 Å². The fraction of sp³-hybridized carbons (Fsp3) is 0.300. The van der Waals surface area contributed by atoms with E-state index >= 15 is 0 Å². The second kappa shape index (κ2) is 5.33. The Labute approximate surface area is 96.9 Å². The van der Waals surface area contributed by atoms with Gasteiger partial charge in [-0.1, -0.05) is 29.3 Å². The van der Waals surface area contributed by atoms with E-state index < -0.39 is 11.8 Å². The van der Waals surface area contributed by atoms with Crippen molar-refractivity contribution in [1.29, 1.82) is 0 Å². The maximum Gasteiger partial charge on any atom is 0.310 e. The summed E-state index contributed by atoms with van der Waals surface area (Å²) in [6, 6.07) is 2.86. The van der Waals surface area contributed by atoms with E-state index in [1.165, 1.54) is 12.1 Å². The van der Waals surface area contributed by atoms with Crippen molar-refractivity contribution in [3.8, 4) is 0 Å². The van der Waals surface area contributed by atoms with Gasteiger partial charge >= 0.3 is 5.97 Å². The number of hydrogen-bond donors (Lipinski definition) is 0. The number of rotatable bonds is 3. The first-order chi connectivity index (χ1) is 7.06. The predicted molar refractivity (Wildman–Crippen MR) is 56.8 cm³/mol. The summed E-state index contributed by atoms with van der Waals surface area (Å²) in [5, 5.41) is -0.192. The van der Waals surface area contributed by atoms with Gasteiger partial charge in [-0.15, -0.1) is 0 Å². The van der Waals surface area contributed by atoms with Crippen molar-refractivity contribution in [3.05, 3.63) is 33.6 Å². The first-order valence-electron chi connectivity index (χ1n) is 4.34. The van der Waals surface area contributed by atoms with Crippen LogP contribution in [0, 0.1) is 5.82 Å². The van der Waals surface area contributed by atoms with E-state index in [1.807, 2.05) is 0 Å². The van der Waals surface area contributed by atoms with Crippen LogP contribution in [0.5, 0.6) is 0 Å². The van der Waals surface area contributed by atoms with Gasteiger partial charge in [-0.25, -0.2) is 4.39 Å². The summed E-state index contributed by atoms with van der Waals surface area (Å²) in [5.41, 5.74) is 0.372. The standard InChI is InChI=1S/C10H9Cl2FO2/c1-2-15-8(14)5-6-3-4-7(11)10(13)9(6)12/h3-4H,2,5H2,1H3. The fourth-order valence-electron chi connectivity index (χ4n) is 1.07. The summed E-state index contributed by atoms with van der Waals surface area (Å²) in [6.45, 7) is 1.98. The zero-order valence-corrected chi connectivity index (χ0v) is 9.53. The Morgan fingerprint density at radius 1 is 1.47 bits per heavy atom. The highest BCUT2D eigenvalue weighted by molar-refractivity contribution is 6.35. The Morgan fingerprint density at radius 2 is 2.13 bits per heavy atom. The molecule has 15 heavy (non-hydrogen) atoms. The molecule has 0 saturated carbocycles. The Balaban J connectivity index is 2.87. The highest BCUT2D eigenvalue weighted by Crippen LogP contribution is 2.26. The number of carbonyl (C=O) groups is 1. The van der Waals surface area contributed by atoms with Gasteiger partial charge in [-0.2, -0.15) is 0 Å². The van der Waals surface area contributed by atoms with E-state index in [0.29, 0.717) is 5.56 Å². The van der Waals surface area contributed by atoms with Crippen LogP contribution in [-0.4, -0.2) is 12.6 Å². The molecular weight excluding hydrogens is 242 g/mol. The second-order valence-electron chi connectivity index (χ2n) is 2.82. The first-order valence-corrected chi connectivity index (χ1v) is 5.09. The third kappa shape index (κ3) is 3.08. The summed E-state index contributed by atoms with van der Waals surface area (Å²) in [4.78, 5) is 11.1. The van der Waals surface area contributed by atoms with Crippen molar-refractivity contribution < 1.29 is 13.9 Å². The Kier molecular flexibility index (Phi) is 4.36. The molecule has 0 N–H and O–H groups in total. The summed E-state index contributed by atoms with van der Waals surface area (Å²) < 4.78 is 17.9. The predicted octanol–water partition coefficient (Wildman–Crippen LogP) is 3.24. The Morgan fingerprint density at radius 3 is 2.73 bits per heavy atom. The molecule has 1 rings (SSSR count). The molecular formula is C10H9Cl2FO2. The van der Waals surface area contributed by atoms with Crippen LogP contribution >= 0.6 is 23.2 Å². The first kappa shape index (κ1) is 12.3. The van der Waals surface area contributed by atoms with Gasteiger partial charge in [0.1, 0.15) is 0 Å². The van der Waals surface area contributed by atoms with E-state index in [4.69, 9.17) is 27.9 Å². The van der Waals surface area contributed by atoms with Gasteiger partial charge < -0.3 is 4.74 Å². The normalized spacial score (nSPS) is 10.1. The largest absolute Gasteiger partial charge is 0.466 e. The number of benzene rings is 1. The molecule has 2 nitrogen and oxygen atoms in total. The minimum atomic E-state index is -0.708. The van der Waals surface area contributed by atoms with Gasteiger partial charge in [0.05, 0.1) is 23.1 Å². The average molecular weight is 251 g/mol. The van der Waals surface area contributed by atoms with Crippen LogP contribution in [-0.2, 0) is 16.0 Å². The molecule has 1 aromatic rings. The zero-order chi connectivity index (χ0) is 11.4. The minimum absolute atomic E-state index is 0.0548. The maximum atomic E-state index is 13.2. The Bertz CT molecular complexity index is 380. The van der Waals surface area contributed by atoms with Crippen molar-refractivity contribution in [2.45, 2.75) is 13.3 Å². The van der Waals surface area contributed by atoms with Crippen LogP contribution in [0.4, 0.5) is 4.39 Å². The summed E-state index contributed by atoms with van der Waals surface area (Å²) in [7, 11) is 0. The molecule has 0 atom stereocenters. The summed E-state index contributed by atoms with van der Waals surface area (Å²) >= 11 is 11.2. The van der Waals surface area contributed by atoms with E-state index in [1.54, 1.807) is 6.92 Å². The van der Waals surface area contributed by atoms with Crippen LogP contribution in [0.3, 0.4) is 0 Å². The fourth-order valence-corrected chi connectivity index (χ4v) is 1.51. The maximum absolute atomic E-state index is 13.2. The van der Waals surface area contributed by atoms with Crippen LogP contribution in [0.15, 0.2) is 12.1 Å². The molecule has 0 aliphatic rings. The molecule has 1 aromatic carbocycles. The molecule has 82 valence electrons. The van der Waals surface area contributed by atoms with Crippen molar-refractivity contribution in [1.82, 2.24) is 0 Å². The average Bonchev–Trinajstić information content (AvgIpc) is 2.20. The van der Waals surface area contributed by atoms with E-state index in [9.17, 15) is 9.18 Å². The van der Waals surface area contributed by atoms with Gasteiger partial charge in [-0.05, 0) is 18.6 Å². The molecule has 0 saturated heterocycles. The van der Waals surface area contributed by atoms with Crippen LogP contribution < -0.4 is 0 Å². The van der Waals surface area contributed by atoms with E-state index in [-0.39, 0.29) is 23.1 Å². The number of carbonyl (C=O) groups excluding carboxylic acids is 1. The van der Waals surface area contributed by atoms with Gasteiger partial charge in [-0.3, -0.25) is 4.79 Å². The smallest absolute Gasteiger partial charge is 0.310 e. The number of halogens is 3. The molecule has 0 unspecified atom stereocenters. The molecule has 0 aromatic heterocycles. The summed E-state index contributed by atoms with van der Waals surface area (Å²) in [5.74, 6) is -1.15. The lowest BCUT2D eigenvalue weighted by Gasteiger charge is -2.05. The lowest BCUT2D eigenvalue weighted by Crippen LogP contribution is -2.08. The topological polar surface area (TPSA) is 26.3 Å². The molecule has 0 aliphatic carbocycles. The van der Waals surface area contributed by atoms with Crippen molar-refractivity contribution in [3.63, 3.8) is 0 Å². The molecule has 0 bridgehead atoms. The number of esters is 1. The van der Waals surface area contributed by atoms with Crippen molar-refractivity contribution in [2.75, 3.05) is 6.61 Å². The van der Waals surface area contributed by atoms with Gasteiger partial charge in [0.25, 0.3) is 0 Å². The monoisotopic (exact) mass is 250 g/mol. The molecule has 5 heteroatoms. The molecule has 0 fully saturated rings. The molecule has 0 spiro atoms. The van der Waals surface area contributed by atoms with E-state index in [0.717, 1.165) is 0 Å². The SMILES string of the molecule is CCOC(=O)Cc1ccc(Cl)c(F)c1Cl. The van der Waals surface area contributed by atoms with Crippen LogP contribution in [0.25, 0.3) is 0 Å². The molecule has 0 aliphatic heterocycles. The highest BCUT2D eigenvalue weighted by atomic mass is 35.5. The zero-order valence-electron chi connectivity index (χ0n) is 8.02. The number of hydrogen-bond acceptors (Lipinski definition) is 2. The second-order valence-corrected chi connectivity index (χ2v) is 3.60. The van der Waals surface area contributed by atoms with Crippen molar-refractivity contribution in [2.24, 2.45) is 0 Å². The lowest BCUT2D eigenvalue weighted by molar-refractivity contribution is -0.142. The minimum Gasteiger partial charge on any atom is -0.466 e. The number of ether oxygens (including phenoxy) is 1. The highest BCUT2D eigenvalue weighted by Gasteiger charge is 2.13. The van der Waals surface area contributed by atoms with Gasteiger partial charge in [0.15, 0.2) is 5.82 Å². The summed E-state index contributed by atoms with van der Waals surface area (Å²) in [6.07, 6.45) is -0.0548.